The minimum absolute atomic E-state index is 0.0142. The highest BCUT2D eigenvalue weighted by Gasteiger charge is 2.40. The Kier molecular flexibility index (Phi) is 30.8. The van der Waals surface area contributed by atoms with Crippen molar-refractivity contribution in [3.8, 4) is 0 Å². The molecule has 78 heavy (non-hydrogen) atoms. The number of methoxy groups -OCH3 is 1. The molecule has 14 N–H and O–H groups in total. The molecule has 442 valence electrons. The van der Waals surface area contributed by atoms with Crippen molar-refractivity contribution in [1.82, 2.24) is 47.4 Å². The summed E-state index contributed by atoms with van der Waals surface area (Å²) >= 11 is 0. The van der Waals surface area contributed by atoms with Gasteiger partial charge in [0.25, 0.3) is 0 Å². The molecule has 1 heterocycles. The predicted octanol–water partition coefficient (Wildman–Crippen LogP) is -1.42. The number of primary amides is 1. The first-order valence-corrected chi connectivity index (χ1v) is 26.6. The van der Waals surface area contributed by atoms with E-state index in [-0.39, 0.29) is 56.4 Å². The van der Waals surface area contributed by atoms with Crippen molar-refractivity contribution < 1.29 is 77.3 Å². The Labute approximate surface area is 456 Å². The Morgan fingerprint density at radius 2 is 0.987 bits per heavy atom. The number of carboxylic acids is 2. The lowest BCUT2D eigenvalue weighted by Crippen LogP contribution is -2.61. The maximum Gasteiger partial charge on any atom is 0.328 e. The van der Waals surface area contributed by atoms with Gasteiger partial charge in [0, 0.05) is 26.3 Å². The number of carbonyl (C=O) groups excluding carboxylic acids is 11. The summed E-state index contributed by atoms with van der Waals surface area (Å²) in [5.41, 5.74) is 11.0. The van der Waals surface area contributed by atoms with Crippen molar-refractivity contribution >= 4 is 77.0 Å². The van der Waals surface area contributed by atoms with E-state index >= 15 is 0 Å². The number of likely N-dealkylation sites (tertiary alicyclic amines) is 1. The number of carboxylic acid groups (broad SMARTS) is 2. The van der Waals surface area contributed by atoms with Crippen LogP contribution in [0.3, 0.4) is 0 Å². The Balaban J connectivity index is 3.49. The number of ether oxygens (including phenoxy) is 1. The zero-order chi connectivity index (χ0) is 59.6. The fourth-order valence-electron chi connectivity index (χ4n) is 8.62. The number of hydrogen-bond donors (Lipinski definition) is 12. The van der Waals surface area contributed by atoms with Gasteiger partial charge in [0.15, 0.2) is 0 Å². The number of esters is 1. The number of rotatable bonds is 36. The number of carbonyl (C=O) groups is 13. The van der Waals surface area contributed by atoms with Crippen molar-refractivity contribution in [2.24, 2.45) is 35.1 Å². The van der Waals surface area contributed by atoms with E-state index in [0.717, 1.165) is 7.11 Å². The van der Waals surface area contributed by atoms with E-state index in [9.17, 15) is 72.5 Å². The van der Waals surface area contributed by atoms with Gasteiger partial charge in [-0.25, -0.2) is 4.79 Å². The molecule has 0 spiro atoms. The molecule has 1 saturated heterocycles. The van der Waals surface area contributed by atoms with Crippen molar-refractivity contribution in [3.63, 3.8) is 0 Å². The molecule has 0 saturated carbocycles. The summed E-state index contributed by atoms with van der Waals surface area (Å²) in [7, 11) is 1.12. The number of unbranched alkanes of at least 4 members (excludes halogenated alkanes) is 1. The largest absolute Gasteiger partial charge is 0.481 e. The predicted molar refractivity (Wildman–Crippen MR) is 282 cm³/mol. The summed E-state index contributed by atoms with van der Waals surface area (Å²) in [5, 5.41) is 39.4. The Hall–Kier alpha value is -6.93. The van der Waals surface area contributed by atoms with Gasteiger partial charge in [-0.05, 0) is 94.4 Å². The molecule has 1 rings (SSSR count). The van der Waals surface area contributed by atoms with Crippen LogP contribution in [0, 0.1) is 23.7 Å². The van der Waals surface area contributed by atoms with Crippen LogP contribution in [0.4, 0.5) is 0 Å². The minimum Gasteiger partial charge on any atom is -0.481 e. The van der Waals surface area contributed by atoms with Crippen LogP contribution in [0.25, 0.3) is 0 Å². The van der Waals surface area contributed by atoms with E-state index in [4.69, 9.17) is 16.2 Å². The third kappa shape index (κ3) is 25.5. The quantitative estimate of drug-likeness (QED) is 0.0253. The van der Waals surface area contributed by atoms with Crippen LogP contribution in [-0.4, -0.2) is 167 Å². The second-order valence-corrected chi connectivity index (χ2v) is 21.3. The van der Waals surface area contributed by atoms with Crippen molar-refractivity contribution in [2.45, 2.75) is 200 Å². The molecule has 0 aromatic heterocycles. The van der Waals surface area contributed by atoms with Crippen molar-refractivity contribution in [3.05, 3.63) is 0 Å². The molecule has 0 aromatic carbocycles. The molecule has 0 radical (unpaired) electrons. The highest BCUT2D eigenvalue weighted by Crippen LogP contribution is 2.21. The van der Waals surface area contributed by atoms with Crippen LogP contribution in [0.5, 0.6) is 0 Å². The molecule has 1 fully saturated rings. The fourth-order valence-corrected chi connectivity index (χ4v) is 8.62. The van der Waals surface area contributed by atoms with Gasteiger partial charge in [0.1, 0.15) is 54.4 Å². The lowest BCUT2D eigenvalue weighted by atomic mass is 9.98. The van der Waals surface area contributed by atoms with Crippen LogP contribution in [-0.2, 0) is 67.1 Å². The van der Waals surface area contributed by atoms with Gasteiger partial charge in [-0.2, -0.15) is 0 Å². The third-order valence-corrected chi connectivity index (χ3v) is 12.5. The molecular formula is C51H87N11O16. The van der Waals surface area contributed by atoms with Crippen LogP contribution in [0.2, 0.25) is 0 Å². The van der Waals surface area contributed by atoms with Gasteiger partial charge < -0.3 is 73.9 Å². The van der Waals surface area contributed by atoms with E-state index in [1.54, 1.807) is 41.5 Å². The maximum atomic E-state index is 14.1. The number of nitrogens with one attached hydrogen (secondary N) is 8. The highest BCUT2D eigenvalue weighted by atomic mass is 16.5. The topological polar surface area (TPSA) is 423 Å². The van der Waals surface area contributed by atoms with E-state index in [0.29, 0.717) is 25.8 Å². The molecule has 9 atom stereocenters. The number of hydrogen-bond acceptors (Lipinski definition) is 15. The summed E-state index contributed by atoms with van der Waals surface area (Å²) in [6.45, 7) is 15.4. The van der Waals surface area contributed by atoms with E-state index in [1.807, 2.05) is 0 Å². The first kappa shape index (κ1) is 69.1. The van der Waals surface area contributed by atoms with Crippen molar-refractivity contribution in [2.75, 3.05) is 20.2 Å². The van der Waals surface area contributed by atoms with E-state index in [2.05, 4.69) is 42.5 Å². The summed E-state index contributed by atoms with van der Waals surface area (Å²) in [6, 6.07) is -12.3. The molecule has 0 unspecified atom stereocenters. The molecule has 0 aliphatic carbocycles. The second-order valence-electron chi connectivity index (χ2n) is 21.3. The minimum atomic E-state index is -1.71. The first-order chi connectivity index (χ1) is 36.4. The standard InChI is InChI=1S/C51H87N11O16/c1-26(2)22-34(58-48(74)38-15-13-21-62(38)50(76)33(54-30(9)63)14-11-12-20-52)45(71)56-31(16-18-40(65)66)43(69)55-32(17-19-41(67)68)44(70)61-42(29(7)8)49(75)59-35(23-27(3)4)46(72)57-36(25-39(53)64)47(73)60-37(24-28(5)6)51(77)78-10/h26-29,31-38,42H,11-25,52H2,1-10H3,(H2,53,64)(H,54,63)(H,55,69)(H,56,71)(H,57,72)(H,58,74)(H,59,75)(H,60,73)(H,61,70)(H,65,66)(H,67,68)/t31-,32-,33-,34-,35-,36-,37-,38-,42-/m0/s1. The highest BCUT2D eigenvalue weighted by molar-refractivity contribution is 5.99. The van der Waals surface area contributed by atoms with E-state index in [1.165, 1.54) is 25.7 Å². The van der Waals surface area contributed by atoms with Gasteiger partial charge in [-0.15, -0.1) is 0 Å². The fraction of sp³-hybridized carbons (Fsp3) is 0.745. The average molecular weight is 1110 g/mol. The van der Waals surface area contributed by atoms with Gasteiger partial charge >= 0.3 is 17.9 Å². The summed E-state index contributed by atoms with van der Waals surface area (Å²) < 4.78 is 4.80. The lowest BCUT2D eigenvalue weighted by Gasteiger charge is -2.30. The molecule has 1 aliphatic heterocycles. The summed E-state index contributed by atoms with van der Waals surface area (Å²) in [4.78, 5) is 173. The van der Waals surface area contributed by atoms with Crippen LogP contribution < -0.4 is 54.0 Å². The number of amides is 10. The van der Waals surface area contributed by atoms with E-state index < -0.39 is 169 Å². The monoisotopic (exact) mass is 1110 g/mol. The summed E-state index contributed by atoms with van der Waals surface area (Å²) in [5.74, 6) is -13.4. The first-order valence-electron chi connectivity index (χ1n) is 26.6. The van der Waals surface area contributed by atoms with Gasteiger partial charge in [-0.1, -0.05) is 55.4 Å². The normalized spacial score (nSPS) is 16.3. The zero-order valence-corrected chi connectivity index (χ0v) is 46.8. The smallest absolute Gasteiger partial charge is 0.328 e. The number of nitrogens with two attached hydrogens (primary N) is 2. The number of nitrogens with zero attached hydrogens (tertiary/aromatic N) is 1. The molecule has 0 bridgehead atoms. The molecule has 1 aliphatic rings. The Morgan fingerprint density at radius 3 is 1.44 bits per heavy atom. The van der Waals surface area contributed by atoms with Crippen LogP contribution in [0.1, 0.15) is 146 Å². The Bertz CT molecular complexity index is 2100. The molecule has 0 aromatic rings. The molecule has 10 amide bonds. The Morgan fingerprint density at radius 1 is 0.551 bits per heavy atom. The van der Waals surface area contributed by atoms with Crippen LogP contribution >= 0.6 is 0 Å². The van der Waals surface area contributed by atoms with Crippen molar-refractivity contribution in [1.29, 1.82) is 0 Å². The second kappa shape index (κ2) is 34.8. The zero-order valence-electron chi connectivity index (χ0n) is 46.8. The average Bonchev–Trinajstić information content (AvgIpc) is 3.83. The van der Waals surface area contributed by atoms with Crippen LogP contribution in [0.15, 0.2) is 0 Å². The molecule has 27 nitrogen and oxygen atoms in total. The van der Waals surface area contributed by atoms with Gasteiger partial charge in [0.2, 0.25) is 59.1 Å². The lowest BCUT2D eigenvalue weighted by molar-refractivity contribution is -0.146. The number of aliphatic carboxylic acids is 2. The molecule has 27 heteroatoms. The summed E-state index contributed by atoms with van der Waals surface area (Å²) in [6.07, 6.45) is -0.948. The van der Waals surface area contributed by atoms with Gasteiger partial charge in [-0.3, -0.25) is 57.5 Å². The molecular weight excluding hydrogens is 1020 g/mol. The third-order valence-electron chi connectivity index (χ3n) is 12.5. The maximum absolute atomic E-state index is 14.1. The van der Waals surface area contributed by atoms with Gasteiger partial charge in [0.05, 0.1) is 13.5 Å². The SMILES string of the molecule is COC(=O)[C@H](CC(C)C)NC(=O)[C@H](CC(N)=O)NC(=O)[C@H](CC(C)C)NC(=O)[C@@H](NC(=O)[C@H](CCC(=O)O)NC(=O)[C@H](CCC(=O)O)NC(=O)[C@H](CC(C)C)NC(=O)[C@@H]1CCCN1C(=O)[C@H](CCCCN)NC(C)=O)C(C)C.